The molecular weight excluding hydrogens is 344 g/mol. The topological polar surface area (TPSA) is 87.5 Å². The molecule has 2 aromatic rings. The summed E-state index contributed by atoms with van der Waals surface area (Å²) in [4.78, 5) is 31.1. The predicted molar refractivity (Wildman–Crippen MR) is 101 cm³/mol. The first-order chi connectivity index (χ1) is 13.0. The maximum Gasteiger partial charge on any atom is 0.258 e. The monoisotopic (exact) mass is 368 g/mol. The van der Waals surface area contributed by atoms with Crippen LogP contribution in [0.5, 0.6) is 0 Å². The molecule has 2 aromatic heterocycles. The van der Waals surface area contributed by atoms with Crippen molar-refractivity contribution in [2.45, 2.75) is 25.7 Å². The molecule has 1 saturated carbocycles. The van der Waals surface area contributed by atoms with Crippen LogP contribution >= 0.6 is 0 Å². The lowest BCUT2D eigenvalue weighted by Crippen LogP contribution is -2.51. The van der Waals surface area contributed by atoms with Crippen molar-refractivity contribution < 1.29 is 14.7 Å². The molecule has 2 N–H and O–H groups in total. The molecule has 3 heterocycles. The van der Waals surface area contributed by atoms with Gasteiger partial charge in [0.25, 0.3) is 11.8 Å². The highest BCUT2D eigenvalue weighted by Gasteiger charge is 2.31. The number of aromatic nitrogens is 2. The summed E-state index contributed by atoms with van der Waals surface area (Å²) in [5.41, 5.74) is 3.26. The number of carbonyl (C=O) groups excluding carboxylic acids is 2. The number of nitrogens with zero attached hydrogens (tertiary/aromatic N) is 3. The van der Waals surface area contributed by atoms with E-state index in [9.17, 15) is 9.59 Å². The number of hydrogen-bond donors (Lipinski definition) is 2. The molecule has 0 radical (unpaired) electrons. The second-order valence-corrected chi connectivity index (χ2v) is 7.54. The normalized spacial score (nSPS) is 16.9. The molecule has 2 aliphatic rings. The Hall–Kier alpha value is -2.67. The Morgan fingerprint density at radius 2 is 2.04 bits per heavy atom. The third-order valence-corrected chi connectivity index (χ3v) is 5.56. The van der Waals surface area contributed by atoms with Gasteiger partial charge in [0.1, 0.15) is 5.82 Å². The van der Waals surface area contributed by atoms with Crippen molar-refractivity contribution in [1.82, 2.24) is 14.5 Å². The zero-order chi connectivity index (χ0) is 19.1. The Bertz CT molecular complexity index is 895. The van der Waals surface area contributed by atoms with Gasteiger partial charge in [-0.2, -0.15) is 0 Å². The van der Waals surface area contributed by atoms with Crippen LogP contribution < -0.4 is 5.32 Å². The average molecular weight is 368 g/mol. The van der Waals surface area contributed by atoms with Crippen LogP contribution in [-0.4, -0.2) is 51.1 Å². The highest BCUT2D eigenvalue weighted by Crippen LogP contribution is 2.41. The summed E-state index contributed by atoms with van der Waals surface area (Å²) in [6.07, 6.45) is 3.88. The third-order valence-electron chi connectivity index (χ3n) is 5.56. The molecule has 2 fully saturated rings. The molecule has 0 spiro atoms. The molecule has 0 bridgehead atoms. The molecule has 27 heavy (non-hydrogen) atoms. The van der Waals surface area contributed by atoms with Gasteiger partial charge in [-0.15, -0.1) is 0 Å². The Kier molecular flexibility index (Phi) is 4.47. The van der Waals surface area contributed by atoms with Crippen LogP contribution in [0.3, 0.4) is 0 Å². The maximum atomic E-state index is 12.7. The van der Waals surface area contributed by atoms with Gasteiger partial charge < -0.3 is 19.9 Å². The van der Waals surface area contributed by atoms with Crippen molar-refractivity contribution in [1.29, 1.82) is 0 Å². The van der Waals surface area contributed by atoms with Gasteiger partial charge in [-0.05, 0) is 43.9 Å². The standard InChI is InChI=1S/C20H24N4O3/c1-12-16(8-17(23(12)2)14-3-4-14)19(26)22-18-7-15(5-6-21-18)20(27)24-9-13(10-24)11-25/h5-8,13-14,25H,3-4,9-11H2,1-2H3,(H,21,22,26). The smallest absolute Gasteiger partial charge is 0.258 e. The number of anilines is 1. The molecule has 1 aliphatic heterocycles. The van der Waals surface area contributed by atoms with Crippen molar-refractivity contribution in [3.05, 3.63) is 46.9 Å². The van der Waals surface area contributed by atoms with Crippen molar-refractivity contribution >= 4 is 17.6 Å². The van der Waals surface area contributed by atoms with Gasteiger partial charge in [0.2, 0.25) is 0 Å². The lowest BCUT2D eigenvalue weighted by atomic mass is 10.0. The van der Waals surface area contributed by atoms with E-state index in [1.54, 1.807) is 17.0 Å². The van der Waals surface area contributed by atoms with Crippen LogP contribution in [0.1, 0.15) is 50.9 Å². The number of aliphatic hydroxyl groups is 1. The minimum Gasteiger partial charge on any atom is -0.396 e. The summed E-state index contributed by atoms with van der Waals surface area (Å²) < 4.78 is 2.08. The van der Waals surface area contributed by atoms with Crippen LogP contribution in [0.25, 0.3) is 0 Å². The molecule has 7 nitrogen and oxygen atoms in total. The Morgan fingerprint density at radius 1 is 1.30 bits per heavy atom. The zero-order valence-electron chi connectivity index (χ0n) is 15.6. The molecule has 0 atom stereocenters. The number of likely N-dealkylation sites (tertiary alicyclic amines) is 1. The van der Waals surface area contributed by atoms with Crippen LogP contribution in [0.2, 0.25) is 0 Å². The van der Waals surface area contributed by atoms with Crippen molar-refractivity contribution in [2.75, 3.05) is 25.0 Å². The summed E-state index contributed by atoms with van der Waals surface area (Å²) in [6, 6.07) is 5.21. The second-order valence-electron chi connectivity index (χ2n) is 7.54. The fourth-order valence-electron chi connectivity index (χ4n) is 3.57. The Labute approximate surface area is 158 Å². The lowest BCUT2D eigenvalue weighted by molar-refractivity contribution is 0.0362. The van der Waals surface area contributed by atoms with E-state index in [0.29, 0.717) is 36.0 Å². The highest BCUT2D eigenvalue weighted by molar-refractivity contribution is 6.05. The first kappa shape index (κ1) is 17.7. The quantitative estimate of drug-likeness (QED) is 0.844. The number of amides is 2. The van der Waals surface area contributed by atoms with E-state index < -0.39 is 0 Å². The SMILES string of the molecule is Cc1c(C(=O)Nc2cc(C(=O)N3CC(CO)C3)ccn2)cc(C2CC2)n1C. The van der Waals surface area contributed by atoms with Crippen molar-refractivity contribution in [2.24, 2.45) is 13.0 Å². The van der Waals surface area contributed by atoms with E-state index in [1.807, 2.05) is 20.0 Å². The van der Waals surface area contributed by atoms with Gasteiger partial charge in [-0.3, -0.25) is 9.59 Å². The van der Waals surface area contributed by atoms with Crippen molar-refractivity contribution in [3.63, 3.8) is 0 Å². The summed E-state index contributed by atoms with van der Waals surface area (Å²) >= 11 is 0. The molecule has 7 heteroatoms. The van der Waals surface area contributed by atoms with E-state index in [-0.39, 0.29) is 24.3 Å². The summed E-state index contributed by atoms with van der Waals surface area (Å²) in [7, 11) is 1.99. The molecule has 4 rings (SSSR count). The fourth-order valence-corrected chi connectivity index (χ4v) is 3.57. The molecular formula is C20H24N4O3. The summed E-state index contributed by atoms with van der Waals surface area (Å²) in [5.74, 6) is 0.771. The third kappa shape index (κ3) is 3.35. The van der Waals surface area contributed by atoms with Gasteiger partial charge in [-0.1, -0.05) is 0 Å². The van der Waals surface area contributed by atoms with Crippen LogP contribution in [0, 0.1) is 12.8 Å². The minimum absolute atomic E-state index is 0.0979. The molecule has 142 valence electrons. The van der Waals surface area contributed by atoms with Gasteiger partial charge in [0.15, 0.2) is 0 Å². The molecule has 1 saturated heterocycles. The fraction of sp³-hybridized carbons (Fsp3) is 0.450. The predicted octanol–water partition coefficient (Wildman–Crippen LogP) is 1.92. The number of nitrogens with one attached hydrogen (secondary N) is 1. The van der Waals surface area contributed by atoms with Gasteiger partial charge in [-0.25, -0.2) is 4.98 Å². The Morgan fingerprint density at radius 3 is 2.70 bits per heavy atom. The van der Waals surface area contributed by atoms with E-state index >= 15 is 0 Å². The van der Waals surface area contributed by atoms with Crippen LogP contribution in [-0.2, 0) is 7.05 Å². The minimum atomic E-state index is -0.212. The maximum absolute atomic E-state index is 12.7. The average Bonchev–Trinajstić information content (AvgIpc) is 3.41. The molecule has 0 unspecified atom stereocenters. The number of aliphatic hydroxyl groups excluding tert-OH is 1. The number of carbonyl (C=O) groups is 2. The summed E-state index contributed by atoms with van der Waals surface area (Å²) in [6.45, 7) is 3.16. The van der Waals surface area contributed by atoms with E-state index in [2.05, 4.69) is 14.9 Å². The molecule has 0 aromatic carbocycles. The molecule has 1 aliphatic carbocycles. The van der Waals surface area contributed by atoms with Gasteiger partial charge >= 0.3 is 0 Å². The first-order valence-corrected chi connectivity index (χ1v) is 9.31. The summed E-state index contributed by atoms with van der Waals surface area (Å²) in [5, 5.41) is 11.9. The lowest BCUT2D eigenvalue weighted by Gasteiger charge is -2.38. The zero-order valence-corrected chi connectivity index (χ0v) is 15.6. The van der Waals surface area contributed by atoms with Crippen molar-refractivity contribution in [3.8, 4) is 0 Å². The van der Waals surface area contributed by atoms with E-state index in [0.717, 1.165) is 5.69 Å². The first-order valence-electron chi connectivity index (χ1n) is 9.31. The number of pyridine rings is 1. The van der Waals surface area contributed by atoms with E-state index in [1.165, 1.54) is 24.7 Å². The van der Waals surface area contributed by atoms with Gasteiger partial charge in [0.05, 0.1) is 5.56 Å². The Balaban J connectivity index is 1.48. The number of rotatable bonds is 5. The van der Waals surface area contributed by atoms with Crippen LogP contribution in [0.4, 0.5) is 5.82 Å². The second kappa shape index (κ2) is 6.81. The van der Waals surface area contributed by atoms with E-state index in [4.69, 9.17) is 5.11 Å². The number of hydrogen-bond acceptors (Lipinski definition) is 4. The molecule has 2 amide bonds. The largest absolute Gasteiger partial charge is 0.396 e. The van der Waals surface area contributed by atoms with Gasteiger partial charge in [0, 0.05) is 55.8 Å². The highest BCUT2D eigenvalue weighted by atomic mass is 16.3. The van der Waals surface area contributed by atoms with Crippen LogP contribution in [0.15, 0.2) is 24.4 Å².